The van der Waals surface area contributed by atoms with Gasteiger partial charge in [-0.15, -0.1) is 0 Å². The molecule has 0 unspecified atom stereocenters. The van der Waals surface area contributed by atoms with Crippen molar-refractivity contribution in [1.29, 1.82) is 0 Å². The van der Waals surface area contributed by atoms with Crippen LogP contribution in [0.5, 0.6) is 0 Å². The quantitative estimate of drug-likeness (QED) is 0.486. The van der Waals surface area contributed by atoms with Crippen molar-refractivity contribution in [1.82, 2.24) is 9.80 Å². The monoisotopic (exact) mass is 408 g/mol. The summed E-state index contributed by atoms with van der Waals surface area (Å²) in [7, 11) is 1.67. The average Bonchev–Trinajstić information content (AvgIpc) is 3.17. The molecule has 8 heteroatoms. The zero-order valence-corrected chi connectivity index (χ0v) is 16.9. The minimum atomic E-state index is -0.911. The summed E-state index contributed by atoms with van der Waals surface area (Å²) in [6.45, 7) is 2.55. The molecule has 1 heterocycles. The normalized spacial score (nSPS) is 16.0. The predicted octanol–water partition coefficient (Wildman–Crippen LogP) is 2.20. The molecule has 0 radical (unpaired) electrons. The van der Waals surface area contributed by atoms with Gasteiger partial charge in [-0.25, -0.2) is 4.79 Å². The van der Waals surface area contributed by atoms with Gasteiger partial charge in [0.1, 0.15) is 6.04 Å². The van der Waals surface area contributed by atoms with Crippen LogP contribution in [0.1, 0.15) is 38.2 Å². The molecule has 28 heavy (non-hydrogen) atoms. The molecule has 2 rings (SSSR count). The number of likely N-dealkylation sites (tertiary alicyclic amines) is 1. The zero-order valence-electron chi connectivity index (χ0n) is 16.2. The number of benzene rings is 1. The van der Waals surface area contributed by atoms with Crippen molar-refractivity contribution in [3.8, 4) is 0 Å². The van der Waals surface area contributed by atoms with Crippen molar-refractivity contribution in [2.24, 2.45) is 0 Å². The summed E-state index contributed by atoms with van der Waals surface area (Å²) in [5.74, 6) is -2.07. The molecule has 0 spiro atoms. The molecule has 1 aromatic carbocycles. The van der Waals surface area contributed by atoms with E-state index in [2.05, 4.69) is 0 Å². The Morgan fingerprint density at radius 2 is 1.86 bits per heavy atom. The van der Waals surface area contributed by atoms with Gasteiger partial charge in [-0.3, -0.25) is 14.4 Å². The van der Waals surface area contributed by atoms with E-state index in [4.69, 9.17) is 16.3 Å². The highest BCUT2D eigenvalue weighted by atomic mass is 35.5. The SMILES string of the molecule is CCOC(=O)C(=O)[C@@H]1CCCN1C(=O)CCC(=O)N(C)Cc1ccc(Cl)cc1. The first-order chi connectivity index (χ1) is 13.3. The summed E-state index contributed by atoms with van der Waals surface area (Å²) in [5.41, 5.74) is 0.936. The summed E-state index contributed by atoms with van der Waals surface area (Å²) >= 11 is 5.85. The van der Waals surface area contributed by atoms with Crippen LogP contribution < -0.4 is 0 Å². The van der Waals surface area contributed by atoms with Crippen molar-refractivity contribution >= 4 is 35.2 Å². The van der Waals surface area contributed by atoms with Crippen LogP contribution in [0.25, 0.3) is 0 Å². The Morgan fingerprint density at radius 3 is 2.50 bits per heavy atom. The van der Waals surface area contributed by atoms with E-state index in [1.165, 1.54) is 4.90 Å². The molecule has 0 N–H and O–H groups in total. The van der Waals surface area contributed by atoms with Crippen LogP contribution in [0.3, 0.4) is 0 Å². The average molecular weight is 409 g/mol. The summed E-state index contributed by atoms with van der Waals surface area (Å²) in [6, 6.07) is 6.41. The van der Waals surface area contributed by atoms with Crippen LogP contribution in [-0.2, 0) is 30.5 Å². The highest BCUT2D eigenvalue weighted by Crippen LogP contribution is 2.20. The number of amides is 2. The van der Waals surface area contributed by atoms with Crippen molar-refractivity contribution in [2.75, 3.05) is 20.2 Å². The molecule has 1 atom stereocenters. The second kappa shape index (κ2) is 10.2. The van der Waals surface area contributed by atoms with Gasteiger partial charge < -0.3 is 14.5 Å². The van der Waals surface area contributed by atoms with Gasteiger partial charge >= 0.3 is 5.97 Å². The lowest BCUT2D eigenvalue weighted by Gasteiger charge is -2.23. The van der Waals surface area contributed by atoms with Crippen molar-refractivity contribution in [3.63, 3.8) is 0 Å². The zero-order chi connectivity index (χ0) is 20.7. The van der Waals surface area contributed by atoms with E-state index in [-0.39, 0.29) is 31.3 Å². The van der Waals surface area contributed by atoms with E-state index in [0.29, 0.717) is 31.0 Å². The molecule has 1 aliphatic rings. The molecular formula is C20H25ClN2O5. The second-order valence-electron chi connectivity index (χ2n) is 6.71. The maximum atomic E-state index is 12.5. The Morgan fingerprint density at radius 1 is 1.18 bits per heavy atom. The molecule has 0 aliphatic carbocycles. The van der Waals surface area contributed by atoms with E-state index in [9.17, 15) is 19.2 Å². The standard InChI is InChI=1S/C20H25ClN2O5/c1-3-28-20(27)19(26)16-5-4-12-23(16)18(25)11-10-17(24)22(2)13-14-6-8-15(21)9-7-14/h6-9,16H,3-5,10-13H2,1-2H3/t16-/m0/s1. The number of Topliss-reactive ketones (excluding diaryl/α,β-unsaturated/α-hetero) is 1. The van der Waals surface area contributed by atoms with Gasteiger partial charge in [0.25, 0.3) is 5.78 Å². The summed E-state index contributed by atoms with van der Waals surface area (Å²) in [5, 5.41) is 0.626. The smallest absolute Gasteiger partial charge is 0.376 e. The number of halogens is 1. The van der Waals surface area contributed by atoms with Crippen molar-refractivity contribution in [3.05, 3.63) is 34.9 Å². The molecule has 0 bridgehead atoms. The van der Waals surface area contributed by atoms with Crippen LogP contribution in [-0.4, -0.2) is 59.6 Å². The van der Waals surface area contributed by atoms with Gasteiger partial charge in [0.15, 0.2) is 0 Å². The highest BCUT2D eigenvalue weighted by Gasteiger charge is 2.37. The molecule has 1 fully saturated rings. The predicted molar refractivity (Wildman–Crippen MR) is 104 cm³/mol. The van der Waals surface area contributed by atoms with Gasteiger partial charge in [-0.2, -0.15) is 0 Å². The van der Waals surface area contributed by atoms with Gasteiger partial charge in [-0.05, 0) is 37.5 Å². The third kappa shape index (κ3) is 5.79. The fourth-order valence-electron chi connectivity index (χ4n) is 3.18. The number of ether oxygens (including phenoxy) is 1. The Balaban J connectivity index is 1.86. The minimum Gasteiger partial charge on any atom is -0.460 e. The Bertz CT molecular complexity index is 735. The van der Waals surface area contributed by atoms with Crippen LogP contribution in [0.15, 0.2) is 24.3 Å². The molecule has 1 aliphatic heterocycles. The largest absolute Gasteiger partial charge is 0.460 e. The molecule has 152 valence electrons. The van der Waals surface area contributed by atoms with E-state index >= 15 is 0 Å². The topological polar surface area (TPSA) is 84.0 Å². The first kappa shape index (κ1) is 21.9. The van der Waals surface area contributed by atoms with E-state index in [1.54, 1.807) is 31.0 Å². The van der Waals surface area contributed by atoms with Crippen LogP contribution in [0, 0.1) is 0 Å². The number of rotatable bonds is 8. The molecule has 1 saturated heterocycles. The van der Waals surface area contributed by atoms with Gasteiger partial charge in [0.05, 0.1) is 6.61 Å². The molecule has 0 saturated carbocycles. The first-order valence-electron chi connectivity index (χ1n) is 9.32. The maximum Gasteiger partial charge on any atom is 0.376 e. The number of esters is 1. The number of ketones is 1. The Labute approximate surface area is 169 Å². The third-order valence-electron chi connectivity index (χ3n) is 4.66. The third-order valence-corrected chi connectivity index (χ3v) is 4.92. The second-order valence-corrected chi connectivity index (χ2v) is 7.14. The number of carbonyl (C=O) groups excluding carboxylic acids is 4. The fourth-order valence-corrected chi connectivity index (χ4v) is 3.30. The highest BCUT2D eigenvalue weighted by molar-refractivity contribution is 6.36. The molecular weight excluding hydrogens is 384 g/mol. The Hall–Kier alpha value is -2.41. The fraction of sp³-hybridized carbons (Fsp3) is 0.500. The first-order valence-corrected chi connectivity index (χ1v) is 9.70. The molecule has 2 amide bonds. The molecule has 0 aromatic heterocycles. The van der Waals surface area contributed by atoms with Crippen LogP contribution in [0.4, 0.5) is 0 Å². The van der Waals surface area contributed by atoms with Gasteiger partial charge in [0.2, 0.25) is 11.8 Å². The van der Waals surface area contributed by atoms with Crippen LogP contribution in [0.2, 0.25) is 5.02 Å². The van der Waals surface area contributed by atoms with Crippen LogP contribution >= 0.6 is 11.6 Å². The number of nitrogens with zero attached hydrogens (tertiary/aromatic N) is 2. The lowest BCUT2D eigenvalue weighted by atomic mass is 10.1. The van der Waals surface area contributed by atoms with Crippen molar-refractivity contribution < 1.29 is 23.9 Å². The maximum absolute atomic E-state index is 12.5. The Kier molecular flexibility index (Phi) is 7.99. The molecule has 1 aromatic rings. The lowest BCUT2D eigenvalue weighted by Crippen LogP contribution is -2.44. The summed E-state index contributed by atoms with van der Waals surface area (Å²) in [6.07, 6.45) is 1.12. The number of hydrogen-bond acceptors (Lipinski definition) is 5. The molecule has 7 nitrogen and oxygen atoms in total. The van der Waals surface area contributed by atoms with E-state index in [1.807, 2.05) is 12.1 Å². The lowest BCUT2D eigenvalue weighted by molar-refractivity contribution is -0.156. The van der Waals surface area contributed by atoms with E-state index < -0.39 is 17.8 Å². The minimum absolute atomic E-state index is 0.00357. The number of carbonyl (C=O) groups is 4. The van der Waals surface area contributed by atoms with E-state index in [0.717, 1.165) is 5.56 Å². The number of hydrogen-bond donors (Lipinski definition) is 0. The van der Waals surface area contributed by atoms with Gasteiger partial charge in [0, 0.05) is 38.0 Å². The summed E-state index contributed by atoms with van der Waals surface area (Å²) < 4.78 is 4.74. The van der Waals surface area contributed by atoms with Crippen molar-refractivity contribution in [2.45, 2.75) is 45.2 Å². The van der Waals surface area contributed by atoms with Gasteiger partial charge in [-0.1, -0.05) is 23.7 Å². The summed E-state index contributed by atoms with van der Waals surface area (Å²) in [4.78, 5) is 51.6.